The molecule has 5 heteroatoms. The zero-order valence-corrected chi connectivity index (χ0v) is 18.0. The van der Waals surface area contributed by atoms with E-state index in [-0.39, 0.29) is 0 Å². The zero-order valence-electron chi connectivity index (χ0n) is 16.4. The van der Waals surface area contributed by atoms with Crippen LogP contribution in [0.2, 0.25) is 0 Å². The van der Waals surface area contributed by atoms with Crippen LogP contribution < -0.4 is 0 Å². The Morgan fingerprint density at radius 3 is 1.24 bits per heavy atom. The van der Waals surface area contributed by atoms with Gasteiger partial charge in [0.2, 0.25) is 0 Å². The number of halogens is 1. The van der Waals surface area contributed by atoms with Crippen LogP contribution in [0.3, 0.4) is 0 Å². The second-order valence-electron chi connectivity index (χ2n) is 6.32. The summed E-state index contributed by atoms with van der Waals surface area (Å²) in [5.41, 5.74) is 0. The molecule has 25 heavy (non-hydrogen) atoms. The standard InChI is InChI=1S/C20H41BrO4/c1-2-3-4-5-6-7-8-9-10-11-13-22-15-17-24-19-20-25-18-16-23-14-12-21/h2-20H2,1H3. The molecule has 0 heterocycles. The molecule has 0 N–H and O–H groups in total. The van der Waals surface area contributed by atoms with Crippen molar-refractivity contribution >= 4 is 15.9 Å². The molecule has 0 aliphatic heterocycles. The van der Waals surface area contributed by atoms with Crippen LogP contribution in [0.25, 0.3) is 0 Å². The van der Waals surface area contributed by atoms with Crippen LogP contribution in [0.4, 0.5) is 0 Å². The van der Waals surface area contributed by atoms with E-state index >= 15 is 0 Å². The maximum absolute atomic E-state index is 5.59. The number of ether oxygens (including phenoxy) is 4. The minimum absolute atomic E-state index is 0.621. The summed E-state index contributed by atoms with van der Waals surface area (Å²) in [6, 6.07) is 0. The molecule has 152 valence electrons. The fraction of sp³-hybridized carbons (Fsp3) is 1.00. The Balaban J connectivity index is 2.94. The molecule has 0 amide bonds. The van der Waals surface area contributed by atoms with Crippen LogP contribution in [0.1, 0.15) is 71.1 Å². The highest BCUT2D eigenvalue weighted by Gasteiger charge is 1.94. The first-order chi connectivity index (χ1) is 12.4. The molecule has 0 aromatic carbocycles. The maximum atomic E-state index is 5.59. The van der Waals surface area contributed by atoms with Crippen molar-refractivity contribution < 1.29 is 18.9 Å². The van der Waals surface area contributed by atoms with Gasteiger partial charge in [0.1, 0.15) is 0 Å². The van der Waals surface area contributed by atoms with Crippen molar-refractivity contribution in [1.29, 1.82) is 0 Å². The molecule has 0 saturated heterocycles. The third-order valence-corrected chi connectivity index (χ3v) is 4.30. The first kappa shape index (κ1) is 25.3. The first-order valence-corrected chi connectivity index (χ1v) is 11.4. The number of alkyl halides is 1. The molecule has 0 aliphatic carbocycles. The second kappa shape index (κ2) is 24.3. The maximum Gasteiger partial charge on any atom is 0.0701 e. The van der Waals surface area contributed by atoms with Gasteiger partial charge in [-0.25, -0.2) is 0 Å². The Labute approximate surface area is 164 Å². The predicted molar refractivity (Wildman–Crippen MR) is 109 cm³/mol. The molecule has 4 nitrogen and oxygen atoms in total. The van der Waals surface area contributed by atoms with Gasteiger partial charge in [-0.3, -0.25) is 0 Å². The molecule has 0 fully saturated rings. The minimum Gasteiger partial charge on any atom is -0.379 e. The van der Waals surface area contributed by atoms with Crippen molar-refractivity contribution in [3.63, 3.8) is 0 Å². The summed E-state index contributed by atoms with van der Waals surface area (Å²) >= 11 is 3.31. The van der Waals surface area contributed by atoms with Gasteiger partial charge >= 0.3 is 0 Å². The lowest BCUT2D eigenvalue weighted by molar-refractivity contribution is -0.000538. The smallest absolute Gasteiger partial charge is 0.0701 e. The van der Waals surface area contributed by atoms with Crippen LogP contribution in [0, 0.1) is 0 Å². The van der Waals surface area contributed by atoms with E-state index in [0.717, 1.165) is 18.5 Å². The van der Waals surface area contributed by atoms with E-state index in [1.165, 1.54) is 64.2 Å². The number of rotatable bonds is 22. The molecule has 0 aromatic heterocycles. The number of hydrogen-bond donors (Lipinski definition) is 0. The lowest BCUT2D eigenvalue weighted by Crippen LogP contribution is -2.12. The van der Waals surface area contributed by atoms with E-state index in [1.54, 1.807) is 0 Å². The van der Waals surface area contributed by atoms with Gasteiger partial charge in [0.25, 0.3) is 0 Å². The van der Waals surface area contributed by atoms with Gasteiger partial charge in [0.05, 0.1) is 46.2 Å². The van der Waals surface area contributed by atoms with Crippen molar-refractivity contribution in [2.75, 3.05) is 58.2 Å². The second-order valence-corrected chi connectivity index (χ2v) is 7.11. The molecular weight excluding hydrogens is 384 g/mol. The Hall–Kier alpha value is 0.320. The monoisotopic (exact) mass is 424 g/mol. The summed E-state index contributed by atoms with van der Waals surface area (Å²) in [6.07, 6.45) is 13.6. The van der Waals surface area contributed by atoms with E-state index in [0.29, 0.717) is 39.6 Å². The van der Waals surface area contributed by atoms with Crippen molar-refractivity contribution in [1.82, 2.24) is 0 Å². The molecule has 0 atom stereocenters. The molecule has 0 radical (unpaired) electrons. The third kappa shape index (κ3) is 24.3. The molecule has 0 aromatic rings. The normalized spacial score (nSPS) is 11.3. The lowest BCUT2D eigenvalue weighted by Gasteiger charge is -2.07. The summed E-state index contributed by atoms with van der Waals surface area (Å²) in [4.78, 5) is 0. The van der Waals surface area contributed by atoms with Crippen molar-refractivity contribution in [3.05, 3.63) is 0 Å². The first-order valence-electron chi connectivity index (χ1n) is 10.3. The van der Waals surface area contributed by atoms with Crippen LogP contribution >= 0.6 is 15.9 Å². The zero-order chi connectivity index (χ0) is 18.3. The average molecular weight is 425 g/mol. The molecule has 0 saturated carbocycles. The lowest BCUT2D eigenvalue weighted by atomic mass is 10.1. The van der Waals surface area contributed by atoms with E-state index < -0.39 is 0 Å². The van der Waals surface area contributed by atoms with Crippen LogP contribution in [-0.2, 0) is 18.9 Å². The Morgan fingerprint density at radius 1 is 0.440 bits per heavy atom. The highest BCUT2D eigenvalue weighted by atomic mass is 79.9. The van der Waals surface area contributed by atoms with Gasteiger partial charge < -0.3 is 18.9 Å². The van der Waals surface area contributed by atoms with Gasteiger partial charge in [0, 0.05) is 11.9 Å². The van der Waals surface area contributed by atoms with Crippen LogP contribution in [0.15, 0.2) is 0 Å². The fourth-order valence-corrected chi connectivity index (χ4v) is 2.74. The summed E-state index contributed by atoms with van der Waals surface area (Å²) in [7, 11) is 0. The number of unbranched alkanes of at least 4 members (excludes halogenated alkanes) is 9. The largest absolute Gasteiger partial charge is 0.379 e. The molecular formula is C20H41BrO4. The minimum atomic E-state index is 0.621. The SMILES string of the molecule is CCCCCCCCCCCCOCCOCCOCCOCCBr. The predicted octanol–water partition coefficient (Wildman–Crippen LogP) is 5.37. The third-order valence-electron chi connectivity index (χ3n) is 3.98. The summed E-state index contributed by atoms with van der Waals surface area (Å²) in [5, 5.41) is 0.870. The molecule has 0 bridgehead atoms. The summed E-state index contributed by atoms with van der Waals surface area (Å²) in [5.74, 6) is 0. The van der Waals surface area contributed by atoms with Gasteiger partial charge in [-0.1, -0.05) is 80.6 Å². The van der Waals surface area contributed by atoms with Gasteiger partial charge in [0.15, 0.2) is 0 Å². The Morgan fingerprint density at radius 2 is 0.800 bits per heavy atom. The van der Waals surface area contributed by atoms with Gasteiger partial charge in [-0.05, 0) is 6.42 Å². The van der Waals surface area contributed by atoms with E-state index in [1.807, 2.05) is 0 Å². The number of hydrogen-bond acceptors (Lipinski definition) is 4. The van der Waals surface area contributed by atoms with Crippen LogP contribution in [-0.4, -0.2) is 58.2 Å². The van der Waals surface area contributed by atoms with Gasteiger partial charge in [-0.15, -0.1) is 0 Å². The molecule has 0 rings (SSSR count). The van der Waals surface area contributed by atoms with E-state index in [2.05, 4.69) is 22.9 Å². The summed E-state index contributed by atoms with van der Waals surface area (Å²) < 4.78 is 21.7. The van der Waals surface area contributed by atoms with Gasteiger partial charge in [-0.2, -0.15) is 0 Å². The molecule has 0 aliphatic rings. The fourth-order valence-electron chi connectivity index (χ4n) is 2.51. The van der Waals surface area contributed by atoms with Crippen molar-refractivity contribution in [2.24, 2.45) is 0 Å². The summed E-state index contributed by atoms with van der Waals surface area (Å²) in [6.45, 7) is 7.73. The quantitative estimate of drug-likeness (QED) is 0.173. The van der Waals surface area contributed by atoms with Crippen molar-refractivity contribution in [3.8, 4) is 0 Å². The highest BCUT2D eigenvalue weighted by molar-refractivity contribution is 9.09. The highest BCUT2D eigenvalue weighted by Crippen LogP contribution is 2.10. The van der Waals surface area contributed by atoms with E-state index in [9.17, 15) is 0 Å². The van der Waals surface area contributed by atoms with Crippen molar-refractivity contribution in [2.45, 2.75) is 71.1 Å². The molecule has 0 unspecified atom stereocenters. The topological polar surface area (TPSA) is 36.9 Å². The average Bonchev–Trinajstić information content (AvgIpc) is 2.63. The van der Waals surface area contributed by atoms with E-state index in [4.69, 9.17) is 18.9 Å². The molecule has 0 spiro atoms. The Bertz CT molecular complexity index is 208. The Kier molecular flexibility index (Phi) is 24.6. The van der Waals surface area contributed by atoms with Crippen LogP contribution in [0.5, 0.6) is 0 Å².